The fourth-order valence-electron chi connectivity index (χ4n) is 0.213. The number of ether oxygens (including phenoxy) is 1. The van der Waals surface area contributed by atoms with Gasteiger partial charge in [-0.1, -0.05) is 0 Å². The molecule has 0 aromatic rings. The molecule has 80 valence electrons. The number of halogens is 3. The van der Waals surface area contributed by atoms with Gasteiger partial charge < -0.3 is 4.74 Å². The van der Waals surface area contributed by atoms with Crippen LogP contribution in [0.5, 0.6) is 0 Å². The van der Waals surface area contributed by atoms with E-state index in [0.29, 0.717) is 0 Å². The summed E-state index contributed by atoms with van der Waals surface area (Å²) in [6.45, 7) is 1.41. The summed E-state index contributed by atoms with van der Waals surface area (Å²) < 4.78 is 37.0. The zero-order valence-corrected chi connectivity index (χ0v) is 9.88. The Kier molecular flexibility index (Phi) is 8.75. The van der Waals surface area contributed by atoms with Gasteiger partial charge in [0.1, 0.15) is 0 Å². The Morgan fingerprint density at radius 3 is 1.92 bits per heavy atom. The van der Waals surface area contributed by atoms with E-state index in [1.54, 1.807) is 12.5 Å². The lowest BCUT2D eigenvalue weighted by molar-refractivity contribution is -0.158. The number of carbonyl (C=O) groups excluding carboxylic acids is 1. The minimum absolute atomic E-state index is 0.0416. The lowest BCUT2D eigenvalue weighted by Gasteiger charge is -2.05. The molecule has 0 spiro atoms. The van der Waals surface area contributed by atoms with E-state index in [2.05, 4.69) is 4.74 Å². The van der Waals surface area contributed by atoms with Crippen molar-refractivity contribution in [1.29, 1.82) is 0 Å². The smallest absolute Gasteiger partial charge is 0.395 e. The maximum absolute atomic E-state index is 11.7. The molecular formula is C6H11BrF2O3S. The standard InChI is InChI=1S/C4H5BrF2O2.C2H6OS/c1-2-9-3(8)4(5,6)7;1-4(2)3/h2H2,1H3;1-2H3. The molecule has 13 heavy (non-hydrogen) atoms. The molecule has 0 aliphatic rings. The highest BCUT2D eigenvalue weighted by Gasteiger charge is 2.36. The van der Waals surface area contributed by atoms with E-state index in [0.717, 1.165) is 0 Å². The van der Waals surface area contributed by atoms with Crippen molar-refractivity contribution in [3.8, 4) is 0 Å². The van der Waals surface area contributed by atoms with Gasteiger partial charge in [-0.3, -0.25) is 4.21 Å². The number of hydrogen-bond donors (Lipinski definition) is 0. The topological polar surface area (TPSA) is 43.4 Å². The zero-order valence-electron chi connectivity index (χ0n) is 7.47. The largest absolute Gasteiger partial charge is 0.461 e. The SMILES string of the molecule is CCOC(=O)C(F)(F)Br.CS(C)=O. The van der Waals surface area contributed by atoms with Crippen LogP contribution in [0.2, 0.25) is 0 Å². The molecule has 0 saturated carbocycles. The predicted molar refractivity (Wildman–Crippen MR) is 50.5 cm³/mol. The first kappa shape index (κ1) is 15.4. The van der Waals surface area contributed by atoms with Crippen molar-refractivity contribution in [3.63, 3.8) is 0 Å². The second kappa shape index (κ2) is 7.37. The zero-order chi connectivity index (χ0) is 11.1. The molecule has 7 heteroatoms. The second-order valence-corrected chi connectivity index (χ2v) is 4.44. The molecule has 0 radical (unpaired) electrons. The van der Waals surface area contributed by atoms with E-state index >= 15 is 0 Å². The summed E-state index contributed by atoms with van der Waals surface area (Å²) in [7, 11) is -0.611. The Balaban J connectivity index is 0. The van der Waals surface area contributed by atoms with E-state index in [-0.39, 0.29) is 6.61 Å². The highest BCUT2D eigenvalue weighted by molar-refractivity contribution is 9.10. The summed E-state index contributed by atoms with van der Waals surface area (Å²) in [5.41, 5.74) is 0. The molecular weight excluding hydrogens is 270 g/mol. The van der Waals surface area contributed by atoms with Crippen LogP contribution in [0, 0.1) is 0 Å². The molecule has 0 aromatic heterocycles. The van der Waals surface area contributed by atoms with Crippen molar-refractivity contribution in [1.82, 2.24) is 0 Å². The van der Waals surface area contributed by atoms with Gasteiger partial charge in [0.15, 0.2) is 0 Å². The molecule has 3 nitrogen and oxygen atoms in total. The Morgan fingerprint density at radius 1 is 1.54 bits per heavy atom. The Hall–Kier alpha value is -0.0400. The molecule has 0 unspecified atom stereocenters. The van der Waals surface area contributed by atoms with Crippen molar-refractivity contribution in [2.24, 2.45) is 0 Å². The first-order valence-electron chi connectivity index (χ1n) is 3.20. The Morgan fingerprint density at radius 2 is 1.85 bits per heavy atom. The Labute approximate surface area is 86.4 Å². The van der Waals surface area contributed by atoms with Gasteiger partial charge in [0, 0.05) is 39.2 Å². The number of esters is 1. The monoisotopic (exact) mass is 280 g/mol. The third-order valence-electron chi connectivity index (χ3n) is 0.507. The number of hydrogen-bond acceptors (Lipinski definition) is 3. The quantitative estimate of drug-likeness (QED) is 0.569. The molecule has 0 bridgehead atoms. The van der Waals surface area contributed by atoms with E-state index < -0.39 is 21.6 Å². The molecule has 0 N–H and O–H groups in total. The van der Waals surface area contributed by atoms with Crippen LogP contribution < -0.4 is 0 Å². The number of alkyl halides is 3. The van der Waals surface area contributed by atoms with Crippen LogP contribution in [0.3, 0.4) is 0 Å². The van der Waals surface area contributed by atoms with E-state index in [1.807, 2.05) is 15.9 Å². The Bertz CT molecular complexity index is 177. The average molecular weight is 281 g/mol. The first-order valence-corrected chi connectivity index (χ1v) is 5.96. The minimum Gasteiger partial charge on any atom is -0.461 e. The summed E-state index contributed by atoms with van der Waals surface area (Å²) in [5.74, 6) is -1.55. The molecule has 0 rings (SSSR count). The van der Waals surface area contributed by atoms with E-state index in [1.165, 1.54) is 6.92 Å². The van der Waals surface area contributed by atoms with Crippen LogP contribution in [0.15, 0.2) is 0 Å². The lowest BCUT2D eigenvalue weighted by Crippen LogP contribution is -2.23. The molecule has 0 fully saturated rings. The molecule has 0 aliphatic heterocycles. The normalized spacial score (nSPS) is 10.4. The van der Waals surface area contributed by atoms with Crippen LogP contribution in [-0.4, -0.2) is 34.1 Å². The lowest BCUT2D eigenvalue weighted by atomic mass is 10.7. The van der Waals surface area contributed by atoms with Crippen molar-refractivity contribution < 1.29 is 22.5 Å². The fraction of sp³-hybridized carbons (Fsp3) is 0.833. The van der Waals surface area contributed by atoms with Crippen molar-refractivity contribution in [2.45, 2.75) is 11.8 Å². The van der Waals surface area contributed by atoms with Crippen LogP contribution in [-0.2, 0) is 20.3 Å². The van der Waals surface area contributed by atoms with Gasteiger partial charge in [0.05, 0.1) is 6.61 Å². The van der Waals surface area contributed by atoms with E-state index in [4.69, 9.17) is 0 Å². The van der Waals surface area contributed by atoms with Gasteiger partial charge in [0.2, 0.25) is 0 Å². The fourth-order valence-corrected chi connectivity index (χ4v) is 0.327. The van der Waals surface area contributed by atoms with Crippen molar-refractivity contribution in [3.05, 3.63) is 0 Å². The summed E-state index contributed by atoms with van der Waals surface area (Å²) in [5, 5.41) is 0. The van der Waals surface area contributed by atoms with Crippen LogP contribution in [0.1, 0.15) is 6.92 Å². The van der Waals surface area contributed by atoms with Gasteiger partial charge >= 0.3 is 10.8 Å². The average Bonchev–Trinajstić information content (AvgIpc) is 1.84. The van der Waals surface area contributed by atoms with Gasteiger partial charge in [-0.2, -0.15) is 8.78 Å². The van der Waals surface area contributed by atoms with Crippen molar-refractivity contribution >= 4 is 32.7 Å². The van der Waals surface area contributed by atoms with Crippen LogP contribution in [0.4, 0.5) is 8.78 Å². The summed E-state index contributed by atoms with van der Waals surface area (Å²) in [6, 6.07) is 0. The molecule has 0 amide bonds. The number of carbonyl (C=O) groups is 1. The molecule has 0 heterocycles. The molecule has 0 saturated heterocycles. The molecule has 0 aliphatic carbocycles. The minimum atomic E-state index is -3.54. The third kappa shape index (κ3) is 14.8. The van der Waals surface area contributed by atoms with Crippen LogP contribution >= 0.6 is 15.9 Å². The maximum Gasteiger partial charge on any atom is 0.395 e. The predicted octanol–water partition coefficient (Wildman–Crippen LogP) is 1.53. The second-order valence-electron chi connectivity index (χ2n) is 1.96. The summed E-state index contributed by atoms with van der Waals surface area (Å²) in [6.07, 6.45) is 3.28. The van der Waals surface area contributed by atoms with Crippen molar-refractivity contribution in [2.75, 3.05) is 19.1 Å². The van der Waals surface area contributed by atoms with Gasteiger partial charge in [-0.05, 0) is 6.92 Å². The molecule has 0 aromatic carbocycles. The van der Waals surface area contributed by atoms with Crippen LogP contribution in [0.25, 0.3) is 0 Å². The van der Waals surface area contributed by atoms with Gasteiger partial charge in [-0.15, -0.1) is 0 Å². The third-order valence-corrected chi connectivity index (χ3v) is 0.831. The van der Waals surface area contributed by atoms with Gasteiger partial charge in [-0.25, -0.2) is 4.79 Å². The molecule has 0 atom stereocenters. The van der Waals surface area contributed by atoms with E-state index in [9.17, 15) is 17.8 Å². The van der Waals surface area contributed by atoms with Gasteiger partial charge in [0.25, 0.3) is 0 Å². The summed E-state index contributed by atoms with van der Waals surface area (Å²) in [4.78, 5) is 6.51. The maximum atomic E-state index is 11.7. The summed E-state index contributed by atoms with van der Waals surface area (Å²) >= 11 is 1.84. The highest BCUT2D eigenvalue weighted by atomic mass is 79.9. The number of rotatable bonds is 2. The highest BCUT2D eigenvalue weighted by Crippen LogP contribution is 2.22. The first-order chi connectivity index (χ1) is 5.71.